The van der Waals surface area contributed by atoms with Crippen LogP contribution in [0.15, 0.2) is 212 Å². The highest BCUT2D eigenvalue weighted by molar-refractivity contribution is 6.11. The second-order valence-corrected chi connectivity index (χ2v) is 14.1. The van der Waals surface area contributed by atoms with E-state index in [0.29, 0.717) is 11.5 Å². The molecule has 2 aromatic heterocycles. The van der Waals surface area contributed by atoms with Crippen LogP contribution in [0.3, 0.4) is 0 Å². The number of hydrogen-bond acceptors (Lipinski definition) is 3. The van der Waals surface area contributed by atoms with E-state index in [4.69, 9.17) is 16.5 Å². The molecule has 0 atom stereocenters. The summed E-state index contributed by atoms with van der Waals surface area (Å²) in [5.41, 5.74) is 13.5. The average molecular weight is 742 g/mol. The average Bonchev–Trinajstić information content (AvgIpc) is 3.63. The van der Waals surface area contributed by atoms with Crippen molar-refractivity contribution in [2.45, 2.75) is 0 Å². The predicted molar refractivity (Wildman–Crippen MR) is 239 cm³/mol. The van der Waals surface area contributed by atoms with E-state index in [9.17, 15) is 0 Å². The summed E-state index contributed by atoms with van der Waals surface area (Å²) in [5, 5.41) is 2.25. The molecule has 0 fully saturated rings. The standard InChI is InChI=1S/C53H35N5/c1-54-49-34-41(37-26-28-39(29-27-37)48-36-47(38-16-6-2-7-17-38)55-53(56-48)40-18-8-3-9-19-40)30-32-52(49)58-50-25-15-14-24-45(50)46-35-44(31-33-51(46)58)57(42-20-10-4-11-21-42)43-22-12-5-13-23-43/h2-36H. The van der Waals surface area contributed by atoms with Gasteiger partial charge in [0, 0.05) is 44.5 Å². The fraction of sp³-hybridized carbons (Fsp3) is 0. The maximum atomic E-state index is 8.36. The van der Waals surface area contributed by atoms with Gasteiger partial charge in [0.1, 0.15) is 0 Å². The lowest BCUT2D eigenvalue weighted by Gasteiger charge is -2.25. The fourth-order valence-corrected chi connectivity index (χ4v) is 7.84. The molecule has 0 radical (unpaired) electrons. The quantitative estimate of drug-likeness (QED) is 0.146. The third-order valence-electron chi connectivity index (χ3n) is 10.6. The number of aromatic nitrogens is 3. The number of para-hydroxylation sites is 3. The predicted octanol–water partition coefficient (Wildman–Crippen LogP) is 14.3. The second kappa shape index (κ2) is 14.9. The molecule has 0 aliphatic heterocycles. The van der Waals surface area contributed by atoms with Gasteiger partial charge in [-0.1, -0.05) is 146 Å². The monoisotopic (exact) mass is 741 g/mol. The minimum atomic E-state index is 0.583. The zero-order valence-electron chi connectivity index (χ0n) is 31.4. The molecule has 0 unspecified atom stereocenters. The summed E-state index contributed by atoms with van der Waals surface area (Å²) in [4.78, 5) is 16.3. The highest BCUT2D eigenvalue weighted by atomic mass is 15.1. The van der Waals surface area contributed by atoms with Gasteiger partial charge in [0.2, 0.25) is 5.69 Å². The van der Waals surface area contributed by atoms with Gasteiger partial charge in [-0.2, -0.15) is 0 Å². The summed E-state index contributed by atoms with van der Waals surface area (Å²) < 4.78 is 2.23. The molecule has 0 spiro atoms. The maximum Gasteiger partial charge on any atom is 0.211 e. The van der Waals surface area contributed by atoms with E-state index in [1.54, 1.807) is 0 Å². The highest BCUT2D eigenvalue weighted by Crippen LogP contribution is 2.42. The largest absolute Gasteiger partial charge is 0.319 e. The van der Waals surface area contributed by atoms with Gasteiger partial charge in [-0.15, -0.1) is 0 Å². The van der Waals surface area contributed by atoms with Crippen LogP contribution in [0.5, 0.6) is 0 Å². The molecule has 10 aromatic rings. The van der Waals surface area contributed by atoms with Crippen molar-refractivity contribution in [2.75, 3.05) is 4.90 Å². The zero-order chi connectivity index (χ0) is 38.8. The Hall–Kier alpha value is -8.07. The van der Waals surface area contributed by atoms with Gasteiger partial charge in [0.05, 0.1) is 34.7 Å². The van der Waals surface area contributed by atoms with Crippen LogP contribution in [0.4, 0.5) is 22.7 Å². The molecule has 0 saturated carbocycles. The molecular weight excluding hydrogens is 707 g/mol. The van der Waals surface area contributed by atoms with Gasteiger partial charge >= 0.3 is 0 Å². The van der Waals surface area contributed by atoms with Gasteiger partial charge < -0.3 is 9.47 Å². The molecular formula is C53H35N5. The van der Waals surface area contributed by atoms with E-state index in [1.165, 1.54) is 0 Å². The summed E-state index contributed by atoms with van der Waals surface area (Å²) in [6, 6.07) is 73.0. The first-order valence-corrected chi connectivity index (χ1v) is 19.3. The van der Waals surface area contributed by atoms with Gasteiger partial charge in [-0.05, 0) is 77.9 Å². The molecule has 0 amide bonds. The zero-order valence-corrected chi connectivity index (χ0v) is 31.4. The number of fused-ring (bicyclic) bond motifs is 3. The van der Waals surface area contributed by atoms with Crippen LogP contribution in [0.1, 0.15) is 0 Å². The highest BCUT2D eigenvalue weighted by Gasteiger charge is 2.19. The minimum absolute atomic E-state index is 0.583. The van der Waals surface area contributed by atoms with Crippen LogP contribution < -0.4 is 4.90 Å². The second-order valence-electron chi connectivity index (χ2n) is 14.1. The fourth-order valence-electron chi connectivity index (χ4n) is 7.84. The number of rotatable bonds is 8. The molecule has 2 heterocycles. The van der Waals surface area contributed by atoms with Crippen molar-refractivity contribution in [1.82, 2.24) is 14.5 Å². The molecule has 272 valence electrons. The summed E-state index contributed by atoms with van der Waals surface area (Å²) >= 11 is 0. The first-order valence-electron chi connectivity index (χ1n) is 19.3. The van der Waals surface area contributed by atoms with E-state index in [-0.39, 0.29) is 0 Å². The summed E-state index contributed by atoms with van der Waals surface area (Å²) in [5.74, 6) is 0.685. The van der Waals surface area contributed by atoms with Crippen LogP contribution in [0.25, 0.3) is 77.4 Å². The minimum Gasteiger partial charge on any atom is -0.319 e. The van der Waals surface area contributed by atoms with Crippen molar-refractivity contribution < 1.29 is 0 Å². The Morgan fingerprint density at radius 2 is 0.914 bits per heavy atom. The van der Waals surface area contributed by atoms with Gasteiger partial charge in [0.25, 0.3) is 0 Å². The summed E-state index contributed by atoms with van der Waals surface area (Å²) in [7, 11) is 0. The van der Waals surface area contributed by atoms with Crippen LogP contribution in [-0.2, 0) is 0 Å². The summed E-state index contributed by atoms with van der Waals surface area (Å²) in [6.07, 6.45) is 0. The number of nitrogens with zero attached hydrogens (tertiary/aromatic N) is 5. The van der Waals surface area contributed by atoms with Crippen molar-refractivity contribution in [3.05, 3.63) is 224 Å². The van der Waals surface area contributed by atoms with Gasteiger partial charge in [0.15, 0.2) is 5.82 Å². The van der Waals surface area contributed by atoms with Crippen molar-refractivity contribution in [3.8, 4) is 50.7 Å². The molecule has 0 bridgehead atoms. The number of benzene rings is 8. The van der Waals surface area contributed by atoms with Crippen molar-refractivity contribution in [2.24, 2.45) is 0 Å². The van der Waals surface area contributed by atoms with Crippen molar-refractivity contribution in [1.29, 1.82) is 0 Å². The molecule has 0 aliphatic carbocycles. The molecule has 0 N–H and O–H groups in total. The molecule has 0 aliphatic rings. The topological polar surface area (TPSA) is 38.3 Å². The molecule has 0 saturated heterocycles. The van der Waals surface area contributed by atoms with E-state index < -0.39 is 0 Å². The van der Waals surface area contributed by atoms with E-state index in [1.807, 2.05) is 66.7 Å². The van der Waals surface area contributed by atoms with Crippen LogP contribution in [-0.4, -0.2) is 14.5 Å². The van der Waals surface area contributed by atoms with Crippen LogP contribution >= 0.6 is 0 Å². The van der Waals surface area contributed by atoms with Crippen LogP contribution in [0, 0.1) is 6.57 Å². The smallest absolute Gasteiger partial charge is 0.211 e. The lowest BCUT2D eigenvalue weighted by atomic mass is 10.0. The van der Waals surface area contributed by atoms with E-state index in [0.717, 1.165) is 83.8 Å². The Morgan fingerprint density at radius 1 is 0.397 bits per heavy atom. The lowest BCUT2D eigenvalue weighted by molar-refractivity contribution is 1.18. The van der Waals surface area contributed by atoms with Crippen LogP contribution in [0.2, 0.25) is 0 Å². The first-order chi connectivity index (χ1) is 28.7. The number of hydrogen-bond donors (Lipinski definition) is 0. The van der Waals surface area contributed by atoms with Crippen molar-refractivity contribution >= 4 is 44.6 Å². The number of anilines is 3. The van der Waals surface area contributed by atoms with E-state index in [2.05, 4.69) is 160 Å². The summed E-state index contributed by atoms with van der Waals surface area (Å²) in [6.45, 7) is 8.36. The Kier molecular flexibility index (Phi) is 8.83. The molecule has 8 aromatic carbocycles. The van der Waals surface area contributed by atoms with Crippen molar-refractivity contribution in [3.63, 3.8) is 0 Å². The normalized spacial score (nSPS) is 11.1. The Balaban J connectivity index is 1.03. The van der Waals surface area contributed by atoms with Gasteiger partial charge in [-0.3, -0.25) is 0 Å². The third-order valence-corrected chi connectivity index (χ3v) is 10.6. The van der Waals surface area contributed by atoms with E-state index >= 15 is 0 Å². The molecule has 5 nitrogen and oxygen atoms in total. The molecule has 58 heavy (non-hydrogen) atoms. The Morgan fingerprint density at radius 3 is 1.55 bits per heavy atom. The SMILES string of the molecule is [C-]#[N+]c1cc(-c2ccc(-c3cc(-c4ccccc4)nc(-c4ccccc4)n3)cc2)ccc1-n1c2ccccc2c2cc(N(c3ccccc3)c3ccccc3)ccc21. The first kappa shape index (κ1) is 34.4. The molecule has 5 heteroatoms. The lowest BCUT2D eigenvalue weighted by Crippen LogP contribution is -2.09. The Labute approximate surface area is 337 Å². The molecule has 10 rings (SSSR count). The Bertz CT molecular complexity index is 3000. The maximum absolute atomic E-state index is 8.36. The van der Waals surface area contributed by atoms with Gasteiger partial charge in [-0.25, -0.2) is 14.8 Å². The third kappa shape index (κ3) is 6.35.